The number of aromatic nitrogens is 5. The summed E-state index contributed by atoms with van der Waals surface area (Å²) in [6.07, 6.45) is -9.67. The topological polar surface area (TPSA) is 183 Å². The molecule has 68 heavy (non-hydrogen) atoms. The Kier molecular flexibility index (Phi) is 12.3. The monoisotopic (exact) mass is 1050 g/mol. The molecule has 2 aliphatic carbocycles. The molecule has 5 aromatic rings. The second-order valence-electron chi connectivity index (χ2n) is 16.7. The Morgan fingerprint density at radius 2 is 1.51 bits per heavy atom. The number of fused-ring (bicyclic) bond motifs is 4. The van der Waals surface area contributed by atoms with Gasteiger partial charge in [-0.3, -0.25) is 14.2 Å². The first kappa shape index (κ1) is 50.4. The number of benzene rings is 2. The van der Waals surface area contributed by atoms with Gasteiger partial charge in [-0.05, 0) is 74.4 Å². The quantitative estimate of drug-likeness (QED) is 0.101. The van der Waals surface area contributed by atoms with E-state index in [2.05, 4.69) is 32.3 Å². The Balaban J connectivity index is 1.50. The van der Waals surface area contributed by atoms with Crippen molar-refractivity contribution >= 4 is 64.1 Å². The lowest BCUT2D eigenvalue weighted by Crippen LogP contribution is -2.36. The van der Waals surface area contributed by atoms with Crippen LogP contribution in [0.1, 0.15) is 66.1 Å². The van der Waals surface area contributed by atoms with Gasteiger partial charge >= 0.3 is 12.4 Å². The molecule has 3 atom stereocenters. The zero-order valence-electron chi connectivity index (χ0n) is 35.5. The molecule has 1 fully saturated rings. The van der Waals surface area contributed by atoms with Crippen molar-refractivity contribution in [1.82, 2.24) is 29.9 Å². The number of hydrogen-bond donors (Lipinski definition) is 1. The van der Waals surface area contributed by atoms with E-state index in [-0.39, 0.29) is 36.3 Å². The molecule has 7 rings (SSSR count). The van der Waals surface area contributed by atoms with Gasteiger partial charge in [-0.1, -0.05) is 23.6 Å². The summed E-state index contributed by atoms with van der Waals surface area (Å²) in [6, 6.07) is 4.55. The van der Waals surface area contributed by atoms with Crippen molar-refractivity contribution in [3.05, 3.63) is 93.0 Å². The van der Waals surface area contributed by atoms with Crippen molar-refractivity contribution in [2.45, 2.75) is 74.8 Å². The van der Waals surface area contributed by atoms with Crippen LogP contribution in [0.2, 0.25) is 5.02 Å². The first-order valence-electron chi connectivity index (χ1n) is 19.5. The summed E-state index contributed by atoms with van der Waals surface area (Å²) < 4.78 is 221. The summed E-state index contributed by atoms with van der Waals surface area (Å²) in [5.41, 5.74) is -6.11. The minimum absolute atomic E-state index is 0.178. The van der Waals surface area contributed by atoms with Gasteiger partial charge in [0.2, 0.25) is 26.0 Å². The highest BCUT2D eigenvalue weighted by Crippen LogP contribution is 2.68. The molecular weight excluding hydrogens is 1010 g/mol. The van der Waals surface area contributed by atoms with Gasteiger partial charge in [0.25, 0.3) is 5.92 Å². The van der Waals surface area contributed by atoms with E-state index in [1.807, 2.05) is 0 Å². The Labute approximate surface area is 385 Å². The number of carbonyl (C=O) groups is 1. The first-order chi connectivity index (χ1) is 31.0. The number of nitrogens with zero attached hydrogens (tertiary/aromatic N) is 6. The van der Waals surface area contributed by atoms with Crippen LogP contribution in [-0.2, 0) is 66.3 Å². The zero-order chi connectivity index (χ0) is 50.6. The minimum atomic E-state index is -5.22. The summed E-state index contributed by atoms with van der Waals surface area (Å²) >= 11 is 6.49. The summed E-state index contributed by atoms with van der Waals surface area (Å²) in [4.78, 5) is 18.5. The third-order valence-corrected chi connectivity index (χ3v) is 16.5. The standard InChI is InChI=1S/C40H34ClF10N7O7S3/c1-37(2,66(3,60)61)11-10-22-6-7-23(24-8-9-27(41)31-33(24)57(18-38(44,45)46)55-36(31)58(67(4,62)63)68(5,64)65)32(52-22)28(14-19-12-20(42)15-21(43)13-19)53-29(59)17-56-35-30(34(54-56)40(49,50)51)25-16-26(25)39(35,47)48/h6-9,12-13,15,25-26,28H,14,16-18H2,1-5H3,(H,53,59)/t25?,26-,28+/m1/s1. The number of anilines is 1. The van der Waals surface area contributed by atoms with Crippen LogP contribution in [-0.4, -0.2) is 85.4 Å². The van der Waals surface area contributed by atoms with E-state index in [0.717, 1.165) is 42.7 Å². The van der Waals surface area contributed by atoms with E-state index in [4.69, 9.17) is 11.6 Å². The fourth-order valence-electron chi connectivity index (χ4n) is 7.95. The molecule has 0 radical (unpaired) electrons. The van der Waals surface area contributed by atoms with Crippen LogP contribution in [0.4, 0.5) is 49.7 Å². The maximum atomic E-state index is 15.5. The molecule has 2 aliphatic rings. The van der Waals surface area contributed by atoms with Crippen LogP contribution in [0.5, 0.6) is 0 Å². The molecule has 0 saturated heterocycles. The van der Waals surface area contributed by atoms with E-state index in [0.29, 0.717) is 18.6 Å². The number of pyridine rings is 1. The lowest BCUT2D eigenvalue weighted by atomic mass is 9.93. The van der Waals surface area contributed by atoms with Crippen molar-refractivity contribution in [2.75, 3.05) is 22.5 Å². The zero-order valence-corrected chi connectivity index (χ0v) is 38.7. The lowest BCUT2D eigenvalue weighted by molar-refractivity contribution is -0.142. The van der Waals surface area contributed by atoms with E-state index in [9.17, 15) is 65.2 Å². The molecule has 3 heterocycles. The molecule has 2 aromatic carbocycles. The van der Waals surface area contributed by atoms with Gasteiger partial charge in [-0.25, -0.2) is 39.0 Å². The Morgan fingerprint density at radius 3 is 2.07 bits per heavy atom. The van der Waals surface area contributed by atoms with Crippen LogP contribution in [0.15, 0.2) is 42.5 Å². The second kappa shape index (κ2) is 16.6. The van der Waals surface area contributed by atoms with Crippen molar-refractivity contribution < 1.29 is 74.0 Å². The van der Waals surface area contributed by atoms with E-state index in [1.165, 1.54) is 13.8 Å². The maximum absolute atomic E-state index is 15.5. The molecule has 14 nitrogen and oxygen atoms in total. The number of nitrogens with one attached hydrogen (secondary N) is 1. The van der Waals surface area contributed by atoms with Gasteiger partial charge < -0.3 is 5.32 Å². The molecular formula is C40H34ClF10N7O7S3. The number of alkyl halides is 8. The number of rotatable bonds is 12. The predicted molar refractivity (Wildman–Crippen MR) is 225 cm³/mol. The molecule has 366 valence electrons. The highest BCUT2D eigenvalue weighted by atomic mass is 35.5. The van der Waals surface area contributed by atoms with Gasteiger partial charge in [-0.2, -0.15) is 45.3 Å². The van der Waals surface area contributed by atoms with E-state index in [1.54, 1.807) is 0 Å². The van der Waals surface area contributed by atoms with Gasteiger partial charge in [0.15, 0.2) is 21.3 Å². The van der Waals surface area contributed by atoms with Gasteiger partial charge in [0.05, 0.1) is 40.2 Å². The van der Waals surface area contributed by atoms with Crippen molar-refractivity contribution in [3.63, 3.8) is 0 Å². The predicted octanol–water partition coefficient (Wildman–Crippen LogP) is 7.02. The van der Waals surface area contributed by atoms with Crippen molar-refractivity contribution in [1.29, 1.82) is 0 Å². The molecule has 3 aromatic heterocycles. The maximum Gasteiger partial charge on any atom is 0.435 e. The molecule has 0 aliphatic heterocycles. The van der Waals surface area contributed by atoms with Gasteiger partial charge in [0.1, 0.15) is 40.9 Å². The van der Waals surface area contributed by atoms with Crippen LogP contribution in [0.25, 0.3) is 22.0 Å². The fourth-order valence-corrected chi connectivity index (χ4v) is 11.3. The molecule has 1 unspecified atom stereocenters. The third-order valence-electron chi connectivity index (χ3n) is 11.1. The number of sulfone groups is 1. The average molecular weight is 1050 g/mol. The summed E-state index contributed by atoms with van der Waals surface area (Å²) in [5.74, 6) is -6.26. The molecule has 1 amide bonds. The third kappa shape index (κ3) is 9.73. The first-order valence-corrected chi connectivity index (χ1v) is 25.5. The lowest BCUT2D eigenvalue weighted by Gasteiger charge is -2.23. The van der Waals surface area contributed by atoms with Crippen molar-refractivity contribution in [2.24, 2.45) is 5.92 Å². The van der Waals surface area contributed by atoms with Crippen molar-refractivity contribution in [3.8, 4) is 23.0 Å². The highest BCUT2D eigenvalue weighted by molar-refractivity contribution is 8.09. The average Bonchev–Trinajstić information content (AvgIpc) is 3.68. The molecule has 28 heteroatoms. The molecule has 0 spiro atoms. The molecule has 1 N–H and O–H groups in total. The number of hydrogen-bond acceptors (Lipinski definition) is 10. The number of amides is 1. The van der Waals surface area contributed by atoms with E-state index >= 15 is 8.78 Å². The fraction of sp³-hybridized carbons (Fsp3) is 0.400. The summed E-state index contributed by atoms with van der Waals surface area (Å²) in [6.45, 7) is -0.877. The Hall–Kier alpha value is -5.46. The van der Waals surface area contributed by atoms with E-state index < -0.39 is 158 Å². The molecule has 1 saturated carbocycles. The minimum Gasteiger partial charge on any atom is -0.346 e. The second-order valence-corrected chi connectivity index (χ2v) is 23.6. The molecule has 0 bridgehead atoms. The van der Waals surface area contributed by atoms with Crippen LogP contribution in [0.3, 0.4) is 0 Å². The normalized spacial score (nSPS) is 17.6. The summed E-state index contributed by atoms with van der Waals surface area (Å²) in [5, 5.41) is 8.27. The van der Waals surface area contributed by atoms with Crippen LogP contribution >= 0.6 is 11.6 Å². The summed E-state index contributed by atoms with van der Waals surface area (Å²) in [7, 11) is -13.7. The highest BCUT2D eigenvalue weighted by Gasteiger charge is 2.68. The number of carbonyl (C=O) groups excluding carboxylic acids is 1. The Morgan fingerprint density at radius 1 is 0.912 bits per heavy atom. The number of sulfonamides is 2. The SMILES string of the molecule is CC(C)(C#Cc1ccc(-c2ccc(Cl)c3c(N(S(C)(=O)=O)S(C)(=O)=O)nn(CC(F)(F)F)c23)c([C@H](Cc2cc(F)cc(F)c2)NC(=O)Cn2nc(C(F)(F)F)c3c2C(F)(F)[C@@H]2CC32)n1)S(C)(=O)=O. The smallest absolute Gasteiger partial charge is 0.346 e. The number of halogens is 11. The largest absolute Gasteiger partial charge is 0.435 e. The van der Waals surface area contributed by atoms with Crippen LogP contribution < -0.4 is 9.03 Å². The Bertz CT molecular complexity index is 3290. The van der Waals surface area contributed by atoms with Gasteiger partial charge in [-0.15, -0.1) is 3.71 Å². The van der Waals surface area contributed by atoms with Gasteiger partial charge in [0, 0.05) is 34.9 Å². The van der Waals surface area contributed by atoms with Crippen LogP contribution in [0, 0.1) is 29.4 Å².